The number of ether oxygens (including phenoxy) is 2. The first-order valence-corrected chi connectivity index (χ1v) is 28.7. The third kappa shape index (κ3) is 53.8. The molecule has 10 heteroatoms. The second kappa shape index (κ2) is 50.4. The first-order valence-electron chi connectivity index (χ1n) is 27.2. The Balaban J connectivity index is 4.30. The average Bonchev–Trinajstić information content (AvgIpc) is 3.32. The van der Waals surface area contributed by atoms with E-state index in [2.05, 4.69) is 135 Å². The number of carbonyl (C=O) groups is 2. The maximum Gasteiger partial charge on any atom is 0.306 e. The number of allylic oxidation sites excluding steroid dienone is 20. The molecule has 0 aliphatic carbocycles. The summed E-state index contributed by atoms with van der Waals surface area (Å²) in [5, 5.41) is 0. The van der Waals surface area contributed by atoms with Crippen molar-refractivity contribution in [2.75, 3.05) is 47.5 Å². The normalized spacial score (nSPS) is 14.3. The van der Waals surface area contributed by atoms with E-state index in [0.29, 0.717) is 23.9 Å². The smallest absolute Gasteiger partial charge is 0.306 e. The molecule has 2 unspecified atom stereocenters. The predicted octanol–water partition coefficient (Wildman–Crippen LogP) is 16.2. The number of likely N-dealkylation sites (N-methyl/N-ethyl adjacent to an activating group) is 1. The fourth-order valence-corrected chi connectivity index (χ4v) is 7.55. The minimum absolute atomic E-state index is 0.0465. The van der Waals surface area contributed by atoms with Crippen LogP contribution in [0.5, 0.6) is 0 Å². The highest BCUT2D eigenvalue weighted by molar-refractivity contribution is 7.45. The van der Waals surface area contributed by atoms with Crippen LogP contribution in [-0.4, -0.2) is 70.0 Å². The minimum Gasteiger partial charge on any atom is -0.756 e. The van der Waals surface area contributed by atoms with Crippen LogP contribution in [0.2, 0.25) is 0 Å². The van der Waals surface area contributed by atoms with Gasteiger partial charge in [-0.1, -0.05) is 200 Å². The van der Waals surface area contributed by atoms with Crippen molar-refractivity contribution in [3.63, 3.8) is 0 Å². The fourth-order valence-electron chi connectivity index (χ4n) is 6.83. The van der Waals surface area contributed by atoms with Gasteiger partial charge in [0.25, 0.3) is 7.82 Å². The van der Waals surface area contributed by atoms with E-state index >= 15 is 0 Å². The first-order chi connectivity index (χ1) is 34.0. The summed E-state index contributed by atoms with van der Waals surface area (Å²) in [4.78, 5) is 37.8. The number of hydrogen-bond donors (Lipinski definition) is 0. The van der Waals surface area contributed by atoms with Crippen LogP contribution >= 0.6 is 7.82 Å². The van der Waals surface area contributed by atoms with Gasteiger partial charge in [-0.3, -0.25) is 14.2 Å². The maximum atomic E-state index is 12.8. The van der Waals surface area contributed by atoms with Crippen molar-refractivity contribution < 1.29 is 42.1 Å². The zero-order chi connectivity index (χ0) is 51.3. The van der Waals surface area contributed by atoms with E-state index in [1.54, 1.807) is 0 Å². The van der Waals surface area contributed by atoms with E-state index in [1.165, 1.54) is 57.8 Å². The molecular weight excluding hydrogens is 894 g/mol. The number of esters is 2. The number of quaternary nitrogens is 1. The first kappa shape index (κ1) is 66.4. The van der Waals surface area contributed by atoms with Crippen molar-refractivity contribution in [2.45, 2.75) is 200 Å². The molecule has 0 amide bonds. The molecule has 0 aliphatic rings. The molecule has 0 aromatic carbocycles. The van der Waals surface area contributed by atoms with Gasteiger partial charge in [0.2, 0.25) is 0 Å². The number of rotatable bonds is 48. The van der Waals surface area contributed by atoms with Gasteiger partial charge in [0.05, 0.1) is 27.7 Å². The summed E-state index contributed by atoms with van der Waals surface area (Å²) in [6.07, 6.45) is 71.0. The standard InChI is InChI=1S/C60H100NO8P/c1-6-8-10-12-14-16-18-20-22-24-26-28-29-30-31-33-34-36-38-40-42-44-46-48-50-52-59(62)66-56-58(57-68-70(64,65)67-55-54-61(3,4)5)69-60(63)53-51-49-47-45-43-41-39-37-35-32-27-25-23-21-19-17-15-13-11-9-7-2/h8-11,14-17,20-23,26-28,32,37,39,43,45,58H,6-7,12-13,18-19,24-25,29-31,33-36,38,40-42,44,46-57H2,1-5H3/b10-8-,11-9-,16-14-,17-15-,22-20-,23-21-,28-26-,32-27-,39-37-,45-43-. The van der Waals surface area contributed by atoms with Crippen molar-refractivity contribution >= 4 is 19.8 Å². The fraction of sp³-hybridized carbons (Fsp3) is 0.633. The molecule has 0 fully saturated rings. The highest BCUT2D eigenvalue weighted by atomic mass is 31.2. The second-order valence-electron chi connectivity index (χ2n) is 18.8. The zero-order valence-corrected chi connectivity index (χ0v) is 45.8. The average molecular weight is 994 g/mol. The zero-order valence-electron chi connectivity index (χ0n) is 44.9. The molecule has 0 rings (SSSR count). The predicted molar refractivity (Wildman–Crippen MR) is 295 cm³/mol. The maximum absolute atomic E-state index is 12.8. The summed E-state index contributed by atoms with van der Waals surface area (Å²) in [7, 11) is 1.12. The van der Waals surface area contributed by atoms with E-state index in [-0.39, 0.29) is 26.1 Å². The number of hydrogen-bond acceptors (Lipinski definition) is 8. The van der Waals surface area contributed by atoms with Gasteiger partial charge in [0.15, 0.2) is 6.10 Å². The van der Waals surface area contributed by atoms with Crippen LogP contribution in [0.4, 0.5) is 0 Å². The van der Waals surface area contributed by atoms with E-state index < -0.39 is 32.5 Å². The minimum atomic E-state index is -4.66. The van der Waals surface area contributed by atoms with Crippen LogP contribution < -0.4 is 4.89 Å². The van der Waals surface area contributed by atoms with E-state index in [1.807, 2.05) is 21.1 Å². The van der Waals surface area contributed by atoms with Gasteiger partial charge in [-0.15, -0.1) is 0 Å². The van der Waals surface area contributed by atoms with Crippen molar-refractivity contribution in [1.82, 2.24) is 0 Å². The van der Waals surface area contributed by atoms with Crippen molar-refractivity contribution in [1.29, 1.82) is 0 Å². The lowest BCUT2D eigenvalue weighted by molar-refractivity contribution is -0.870. The molecule has 0 saturated carbocycles. The molecule has 0 saturated heterocycles. The quantitative estimate of drug-likeness (QED) is 0.0195. The highest BCUT2D eigenvalue weighted by Crippen LogP contribution is 2.38. The third-order valence-corrected chi connectivity index (χ3v) is 11.9. The molecule has 70 heavy (non-hydrogen) atoms. The summed E-state index contributed by atoms with van der Waals surface area (Å²) in [6.45, 7) is 3.94. The lowest BCUT2D eigenvalue weighted by Crippen LogP contribution is -2.37. The van der Waals surface area contributed by atoms with Crippen molar-refractivity contribution in [2.24, 2.45) is 0 Å². The Morgan fingerprint density at radius 1 is 0.443 bits per heavy atom. The van der Waals surface area contributed by atoms with Gasteiger partial charge in [0, 0.05) is 12.8 Å². The molecule has 398 valence electrons. The molecule has 0 heterocycles. The monoisotopic (exact) mass is 994 g/mol. The van der Waals surface area contributed by atoms with Gasteiger partial charge in [-0.25, -0.2) is 0 Å². The second-order valence-corrected chi connectivity index (χ2v) is 20.2. The largest absolute Gasteiger partial charge is 0.756 e. The Hall–Kier alpha value is -3.59. The topological polar surface area (TPSA) is 111 Å². The lowest BCUT2D eigenvalue weighted by atomic mass is 10.0. The molecule has 0 bridgehead atoms. The van der Waals surface area contributed by atoms with Crippen molar-refractivity contribution in [3.05, 3.63) is 122 Å². The Labute approximate surface area is 428 Å². The summed E-state index contributed by atoms with van der Waals surface area (Å²) < 4.78 is 34.0. The molecule has 0 spiro atoms. The van der Waals surface area contributed by atoms with Gasteiger partial charge >= 0.3 is 11.9 Å². The lowest BCUT2D eigenvalue weighted by Gasteiger charge is -2.28. The van der Waals surface area contributed by atoms with Crippen molar-refractivity contribution in [3.8, 4) is 0 Å². The Kier molecular flexibility index (Phi) is 47.8. The Morgan fingerprint density at radius 2 is 0.771 bits per heavy atom. The number of nitrogens with zero attached hydrogens (tertiary/aromatic N) is 1. The molecular formula is C60H100NO8P. The third-order valence-electron chi connectivity index (χ3n) is 11.0. The molecule has 0 radical (unpaired) electrons. The summed E-state index contributed by atoms with van der Waals surface area (Å²) >= 11 is 0. The van der Waals surface area contributed by atoms with Crippen LogP contribution in [0.3, 0.4) is 0 Å². The number of phosphoric acid groups is 1. The van der Waals surface area contributed by atoms with Crippen LogP contribution in [0.25, 0.3) is 0 Å². The Morgan fingerprint density at radius 3 is 1.17 bits per heavy atom. The molecule has 9 nitrogen and oxygen atoms in total. The Bertz CT molecular complexity index is 1590. The molecule has 2 atom stereocenters. The summed E-state index contributed by atoms with van der Waals surface area (Å²) in [6, 6.07) is 0. The number of phosphoric ester groups is 1. The van der Waals surface area contributed by atoms with E-state index in [9.17, 15) is 19.0 Å². The number of unbranched alkanes of at least 4 members (excludes halogenated alkanes) is 14. The van der Waals surface area contributed by atoms with Crippen LogP contribution in [0.1, 0.15) is 194 Å². The number of carbonyl (C=O) groups excluding carboxylic acids is 2. The van der Waals surface area contributed by atoms with Gasteiger partial charge in [-0.05, 0) is 103 Å². The van der Waals surface area contributed by atoms with E-state index in [0.717, 1.165) is 96.3 Å². The van der Waals surface area contributed by atoms with E-state index in [4.69, 9.17) is 18.5 Å². The molecule has 0 aromatic rings. The molecule has 0 aromatic heterocycles. The van der Waals surface area contributed by atoms with Crippen LogP contribution in [0.15, 0.2) is 122 Å². The van der Waals surface area contributed by atoms with Gasteiger partial charge in [0.1, 0.15) is 19.8 Å². The van der Waals surface area contributed by atoms with Gasteiger partial charge < -0.3 is 27.9 Å². The SMILES string of the molecule is CC/C=C\C/C=C\C/C=C\C/C=C\C/C=C\C/C=C\CCCCC(=O)OC(COC(=O)CCCCCCCCCCCCCC/C=C\C/C=C\C/C=C\C/C=C\CC)COP(=O)([O-])OCC[N+](C)(C)C. The van der Waals surface area contributed by atoms with Crippen LogP contribution in [0, 0.1) is 0 Å². The van der Waals surface area contributed by atoms with Crippen LogP contribution in [-0.2, 0) is 32.7 Å². The molecule has 0 N–H and O–H groups in total. The van der Waals surface area contributed by atoms with Gasteiger partial charge in [-0.2, -0.15) is 0 Å². The highest BCUT2D eigenvalue weighted by Gasteiger charge is 2.21. The summed E-state index contributed by atoms with van der Waals surface area (Å²) in [5.41, 5.74) is 0. The molecule has 0 aliphatic heterocycles. The summed E-state index contributed by atoms with van der Waals surface area (Å²) in [5.74, 6) is -0.895.